The van der Waals surface area contributed by atoms with E-state index in [0.717, 1.165) is 6.20 Å². The fraction of sp³-hybridized carbons (Fsp3) is 0.636. The van der Waals surface area contributed by atoms with Crippen LogP contribution in [0.3, 0.4) is 0 Å². The Morgan fingerprint density at radius 3 is 2.50 bits per heavy atom. The first-order valence-electron chi connectivity index (χ1n) is 6.08. The molecule has 0 unspecified atom stereocenters. The van der Waals surface area contributed by atoms with E-state index >= 15 is 0 Å². The van der Waals surface area contributed by atoms with E-state index in [1.54, 1.807) is 6.92 Å². The summed E-state index contributed by atoms with van der Waals surface area (Å²) in [4.78, 5) is 22.6. The van der Waals surface area contributed by atoms with Crippen LogP contribution in [0.4, 0.5) is 4.48 Å². The second kappa shape index (κ2) is 5.44. The molecule has 8 nitrogen and oxygen atoms in total. The molecule has 20 heavy (non-hydrogen) atoms. The van der Waals surface area contributed by atoms with Crippen LogP contribution in [0.1, 0.15) is 18.7 Å². The Labute approximate surface area is 112 Å². The van der Waals surface area contributed by atoms with E-state index in [1.165, 1.54) is 0 Å². The molecule has 1 aromatic rings. The molecule has 112 valence electrons. The highest BCUT2D eigenvalue weighted by molar-refractivity contribution is 5.06. The van der Waals surface area contributed by atoms with Crippen LogP contribution >= 0.6 is 0 Å². The lowest BCUT2D eigenvalue weighted by atomic mass is 10.1. The van der Waals surface area contributed by atoms with Gasteiger partial charge >= 0.3 is 5.69 Å². The second-order valence-electron chi connectivity index (χ2n) is 4.51. The predicted molar refractivity (Wildman–Crippen MR) is 63.9 cm³/mol. The van der Waals surface area contributed by atoms with Gasteiger partial charge in [0, 0.05) is 11.8 Å². The van der Waals surface area contributed by atoms with Crippen molar-refractivity contribution in [2.45, 2.75) is 37.9 Å². The van der Waals surface area contributed by atoms with Crippen LogP contribution in [0.2, 0.25) is 0 Å². The van der Waals surface area contributed by atoms with Gasteiger partial charge < -0.3 is 20.1 Å². The molecule has 1 aliphatic heterocycles. The zero-order valence-electron chi connectivity index (χ0n) is 10.6. The zero-order valence-corrected chi connectivity index (χ0v) is 10.6. The molecule has 1 fully saturated rings. The van der Waals surface area contributed by atoms with Gasteiger partial charge in [-0.25, -0.2) is 4.79 Å². The number of aryl methyl sites for hydroxylation is 1. The number of ether oxygens (including phenoxy) is 1. The van der Waals surface area contributed by atoms with Gasteiger partial charge in [0.25, 0.3) is 5.56 Å². The smallest absolute Gasteiger partial charge is 0.362 e. The normalized spacial score (nSPS) is 29.9. The summed E-state index contributed by atoms with van der Waals surface area (Å²) in [5, 5.41) is 28.4. The van der Waals surface area contributed by atoms with E-state index in [4.69, 9.17) is 9.84 Å². The van der Waals surface area contributed by atoms with Crippen LogP contribution in [-0.2, 0) is 11.2 Å². The SMILES string of the molecule is CCc1cn([C@@H]2O[C@H](CO)[C@@H](O)[C@@H]2O)c(=O)n(F)c1=O. The van der Waals surface area contributed by atoms with Crippen molar-refractivity contribution in [3.63, 3.8) is 0 Å². The van der Waals surface area contributed by atoms with Crippen molar-refractivity contribution >= 4 is 0 Å². The maximum Gasteiger partial charge on any atom is 0.362 e. The van der Waals surface area contributed by atoms with Crippen molar-refractivity contribution in [2.75, 3.05) is 6.61 Å². The maximum atomic E-state index is 13.5. The predicted octanol–water partition coefficient (Wildman–Crippen LogP) is -2.08. The lowest BCUT2D eigenvalue weighted by Crippen LogP contribution is -2.42. The molecular formula is C11H15FN2O6. The van der Waals surface area contributed by atoms with Gasteiger partial charge in [0.15, 0.2) is 6.23 Å². The largest absolute Gasteiger partial charge is 0.394 e. The number of aliphatic hydroxyl groups is 3. The summed E-state index contributed by atoms with van der Waals surface area (Å²) < 4.78 is 19.3. The first-order valence-corrected chi connectivity index (χ1v) is 6.08. The average molecular weight is 290 g/mol. The minimum Gasteiger partial charge on any atom is -0.394 e. The van der Waals surface area contributed by atoms with Gasteiger partial charge in [-0.15, -0.1) is 0 Å². The molecule has 0 spiro atoms. The number of aliphatic hydroxyl groups excluding tert-OH is 3. The summed E-state index contributed by atoms with van der Waals surface area (Å²) in [6, 6.07) is 0. The highest BCUT2D eigenvalue weighted by Gasteiger charge is 2.44. The number of hydrogen-bond acceptors (Lipinski definition) is 6. The molecule has 0 bridgehead atoms. The molecule has 4 atom stereocenters. The molecule has 0 saturated carbocycles. The number of hydrogen-bond donors (Lipinski definition) is 3. The summed E-state index contributed by atoms with van der Waals surface area (Å²) in [6.07, 6.45) is -4.14. The maximum absolute atomic E-state index is 13.5. The first-order chi connectivity index (χ1) is 9.42. The number of aromatic nitrogens is 2. The van der Waals surface area contributed by atoms with Crippen LogP contribution < -0.4 is 11.2 Å². The zero-order chi connectivity index (χ0) is 15.0. The monoisotopic (exact) mass is 290 g/mol. The highest BCUT2D eigenvalue weighted by Crippen LogP contribution is 2.28. The van der Waals surface area contributed by atoms with Gasteiger partial charge in [-0.1, -0.05) is 16.2 Å². The van der Waals surface area contributed by atoms with E-state index in [-0.39, 0.29) is 12.0 Å². The van der Waals surface area contributed by atoms with Gasteiger partial charge in [0.05, 0.1) is 6.61 Å². The Kier molecular flexibility index (Phi) is 4.04. The summed E-state index contributed by atoms with van der Waals surface area (Å²) in [5.74, 6) is 0. The van der Waals surface area contributed by atoms with Gasteiger partial charge in [0.1, 0.15) is 18.3 Å². The van der Waals surface area contributed by atoms with Gasteiger partial charge in [-0.05, 0) is 6.42 Å². The van der Waals surface area contributed by atoms with Gasteiger partial charge in [0.2, 0.25) is 0 Å². The van der Waals surface area contributed by atoms with Crippen LogP contribution in [0, 0.1) is 0 Å². The highest BCUT2D eigenvalue weighted by atomic mass is 19.2. The number of halogens is 1. The van der Waals surface area contributed by atoms with Crippen molar-refractivity contribution in [3.05, 3.63) is 32.6 Å². The minimum atomic E-state index is -1.52. The topological polar surface area (TPSA) is 114 Å². The Hall–Kier alpha value is -1.55. The van der Waals surface area contributed by atoms with E-state index in [2.05, 4.69) is 0 Å². The standard InChI is InChI=1S/C11H15FN2O6/c1-2-5-3-13(11(19)14(12)9(5)18)10-8(17)7(16)6(4-15)20-10/h3,6-8,10,15-17H,2,4H2,1H3/t6-,7-,8+,10-/m1/s1. The Morgan fingerprint density at radius 1 is 1.35 bits per heavy atom. The van der Waals surface area contributed by atoms with E-state index in [1.807, 2.05) is 0 Å². The molecule has 2 rings (SSSR count). The second-order valence-corrected chi connectivity index (χ2v) is 4.51. The molecule has 1 saturated heterocycles. The Balaban J connectivity index is 2.51. The summed E-state index contributed by atoms with van der Waals surface area (Å²) in [7, 11) is 0. The van der Waals surface area contributed by atoms with E-state index in [0.29, 0.717) is 4.57 Å². The minimum absolute atomic E-state index is 0.0184. The lowest BCUT2D eigenvalue weighted by Gasteiger charge is -2.18. The third kappa shape index (κ3) is 2.18. The van der Waals surface area contributed by atoms with Crippen LogP contribution in [-0.4, -0.2) is 49.6 Å². The quantitative estimate of drug-likeness (QED) is 0.588. The molecule has 1 aromatic heterocycles. The average Bonchev–Trinajstić information content (AvgIpc) is 2.73. The molecule has 9 heteroatoms. The molecule has 0 amide bonds. The molecule has 0 aromatic carbocycles. The molecule has 1 aliphatic rings. The molecule has 2 heterocycles. The summed E-state index contributed by atoms with van der Waals surface area (Å²) >= 11 is 0. The van der Waals surface area contributed by atoms with Crippen molar-refractivity contribution < 1.29 is 24.5 Å². The fourth-order valence-electron chi connectivity index (χ4n) is 2.13. The van der Waals surface area contributed by atoms with E-state index in [9.17, 15) is 24.3 Å². The van der Waals surface area contributed by atoms with Crippen molar-refractivity contribution in [2.24, 2.45) is 0 Å². The van der Waals surface area contributed by atoms with Crippen LogP contribution in [0.15, 0.2) is 15.8 Å². The fourth-order valence-corrected chi connectivity index (χ4v) is 2.13. The van der Waals surface area contributed by atoms with Crippen molar-refractivity contribution in [3.8, 4) is 0 Å². The van der Waals surface area contributed by atoms with Crippen molar-refractivity contribution in [1.29, 1.82) is 0 Å². The Bertz CT molecular complexity index is 612. The molecule has 0 radical (unpaired) electrons. The van der Waals surface area contributed by atoms with Crippen LogP contribution in [0.5, 0.6) is 0 Å². The molecular weight excluding hydrogens is 275 g/mol. The van der Waals surface area contributed by atoms with Crippen molar-refractivity contribution in [1.82, 2.24) is 9.36 Å². The summed E-state index contributed by atoms with van der Waals surface area (Å²) in [5.41, 5.74) is -2.37. The Morgan fingerprint density at radius 2 is 2.00 bits per heavy atom. The van der Waals surface area contributed by atoms with E-state index < -0.39 is 47.2 Å². The first kappa shape index (κ1) is 14.9. The third-order valence-corrected chi connectivity index (χ3v) is 3.31. The summed E-state index contributed by atoms with van der Waals surface area (Å²) in [6.45, 7) is 1.03. The number of rotatable bonds is 3. The third-order valence-electron chi connectivity index (χ3n) is 3.31. The van der Waals surface area contributed by atoms with Gasteiger partial charge in [-0.3, -0.25) is 9.36 Å². The number of nitrogens with zero attached hydrogens (tertiary/aromatic N) is 2. The molecule has 0 aliphatic carbocycles. The van der Waals surface area contributed by atoms with Crippen LogP contribution in [0.25, 0.3) is 0 Å². The molecule has 3 N–H and O–H groups in total. The lowest BCUT2D eigenvalue weighted by molar-refractivity contribution is -0.0566. The van der Waals surface area contributed by atoms with Gasteiger partial charge in [-0.2, -0.15) is 0 Å².